The second-order valence-corrected chi connectivity index (χ2v) is 6.40. The van der Waals surface area contributed by atoms with E-state index in [0.717, 1.165) is 34.8 Å². The predicted molar refractivity (Wildman–Crippen MR) is 83.4 cm³/mol. The van der Waals surface area contributed by atoms with E-state index in [4.69, 9.17) is 5.11 Å². The van der Waals surface area contributed by atoms with Gasteiger partial charge in [0.2, 0.25) is 0 Å². The van der Waals surface area contributed by atoms with Crippen molar-refractivity contribution in [1.29, 1.82) is 0 Å². The number of thiazole rings is 1. The molecule has 0 aliphatic carbocycles. The third-order valence-corrected chi connectivity index (χ3v) is 5.05. The van der Waals surface area contributed by atoms with Gasteiger partial charge in [-0.15, -0.1) is 22.7 Å². The Labute approximate surface area is 126 Å². The quantitative estimate of drug-likeness (QED) is 0.773. The Hall–Kier alpha value is -1.24. The maximum Gasteiger partial charge on any atom is 0.263 e. The van der Waals surface area contributed by atoms with Crippen LogP contribution in [-0.4, -0.2) is 29.1 Å². The second kappa shape index (κ2) is 7.52. The number of carbonyl (C=O) groups excluding carboxylic acids is 1. The molecule has 0 saturated carbocycles. The maximum atomic E-state index is 12.1. The fourth-order valence-electron chi connectivity index (χ4n) is 1.81. The fraction of sp³-hybridized carbons (Fsp3) is 0.429. The minimum atomic E-state index is -0.0493. The molecule has 0 atom stereocenters. The topological polar surface area (TPSA) is 62.2 Å². The van der Waals surface area contributed by atoms with Gasteiger partial charge in [0.15, 0.2) is 0 Å². The van der Waals surface area contributed by atoms with Crippen LogP contribution in [0, 0.1) is 6.92 Å². The van der Waals surface area contributed by atoms with Gasteiger partial charge in [-0.3, -0.25) is 4.79 Å². The number of hydrogen-bond donors (Lipinski definition) is 2. The van der Waals surface area contributed by atoms with Crippen molar-refractivity contribution in [2.75, 3.05) is 13.2 Å². The van der Waals surface area contributed by atoms with Gasteiger partial charge in [-0.1, -0.05) is 6.07 Å². The SMILES string of the molecule is Cc1nc(-c2cccs2)sc1C(=O)NCCCCCO. The van der Waals surface area contributed by atoms with Gasteiger partial charge in [-0.25, -0.2) is 4.98 Å². The molecule has 0 aliphatic rings. The summed E-state index contributed by atoms with van der Waals surface area (Å²) in [5.74, 6) is -0.0493. The first-order chi connectivity index (χ1) is 9.72. The van der Waals surface area contributed by atoms with Crippen LogP contribution in [0.2, 0.25) is 0 Å². The standard InChI is InChI=1S/C14H18N2O2S2/c1-10-12(13(18)15-7-3-2-4-8-17)20-14(16-10)11-6-5-9-19-11/h5-6,9,17H,2-4,7-8H2,1H3,(H,15,18). The minimum absolute atomic E-state index is 0.0493. The highest BCUT2D eigenvalue weighted by Gasteiger charge is 2.16. The van der Waals surface area contributed by atoms with Crippen molar-refractivity contribution in [2.45, 2.75) is 26.2 Å². The second-order valence-electron chi connectivity index (χ2n) is 4.45. The fourth-order valence-corrected chi connectivity index (χ4v) is 3.59. The van der Waals surface area contributed by atoms with E-state index in [0.29, 0.717) is 11.4 Å². The first-order valence-corrected chi connectivity index (χ1v) is 8.32. The number of amides is 1. The summed E-state index contributed by atoms with van der Waals surface area (Å²) in [4.78, 5) is 18.3. The first kappa shape index (κ1) is 15.2. The normalized spacial score (nSPS) is 10.7. The van der Waals surface area contributed by atoms with Crippen molar-refractivity contribution >= 4 is 28.6 Å². The summed E-state index contributed by atoms with van der Waals surface area (Å²) in [5, 5.41) is 14.5. The molecule has 6 heteroatoms. The van der Waals surface area contributed by atoms with Gasteiger partial charge in [0.05, 0.1) is 10.6 Å². The van der Waals surface area contributed by atoms with E-state index < -0.39 is 0 Å². The average Bonchev–Trinajstić information content (AvgIpc) is 3.07. The summed E-state index contributed by atoms with van der Waals surface area (Å²) < 4.78 is 0. The summed E-state index contributed by atoms with van der Waals surface area (Å²) in [7, 11) is 0. The number of nitrogens with zero attached hydrogens (tertiary/aromatic N) is 1. The van der Waals surface area contributed by atoms with Crippen LogP contribution in [0.25, 0.3) is 9.88 Å². The molecule has 2 N–H and O–H groups in total. The van der Waals surface area contributed by atoms with Gasteiger partial charge < -0.3 is 10.4 Å². The number of rotatable bonds is 7. The van der Waals surface area contributed by atoms with E-state index in [1.54, 1.807) is 11.3 Å². The van der Waals surface area contributed by atoms with E-state index >= 15 is 0 Å². The minimum Gasteiger partial charge on any atom is -0.396 e. The van der Waals surface area contributed by atoms with Gasteiger partial charge in [0, 0.05) is 13.2 Å². The Kier molecular flexibility index (Phi) is 5.70. The molecule has 4 nitrogen and oxygen atoms in total. The number of aliphatic hydroxyl groups is 1. The number of aromatic nitrogens is 1. The summed E-state index contributed by atoms with van der Waals surface area (Å²) in [6.45, 7) is 2.73. The van der Waals surface area contributed by atoms with Crippen molar-refractivity contribution in [3.8, 4) is 9.88 Å². The van der Waals surface area contributed by atoms with E-state index in [1.807, 2.05) is 24.4 Å². The molecule has 2 aromatic heterocycles. The Balaban J connectivity index is 1.93. The van der Waals surface area contributed by atoms with Gasteiger partial charge in [0.25, 0.3) is 5.91 Å². The number of aliphatic hydroxyl groups excluding tert-OH is 1. The first-order valence-electron chi connectivity index (χ1n) is 6.62. The molecule has 0 aromatic carbocycles. The van der Waals surface area contributed by atoms with E-state index in [-0.39, 0.29) is 12.5 Å². The van der Waals surface area contributed by atoms with Crippen LogP contribution < -0.4 is 5.32 Å². The Morgan fingerprint density at radius 2 is 2.25 bits per heavy atom. The lowest BCUT2D eigenvalue weighted by atomic mass is 10.2. The summed E-state index contributed by atoms with van der Waals surface area (Å²) in [5.41, 5.74) is 0.784. The molecule has 2 rings (SSSR count). The van der Waals surface area contributed by atoms with Crippen LogP contribution in [-0.2, 0) is 0 Å². The van der Waals surface area contributed by atoms with E-state index in [1.165, 1.54) is 11.3 Å². The average molecular weight is 310 g/mol. The van der Waals surface area contributed by atoms with Crippen molar-refractivity contribution in [3.63, 3.8) is 0 Å². The number of unbranched alkanes of at least 4 members (excludes halogenated alkanes) is 2. The van der Waals surface area contributed by atoms with E-state index in [9.17, 15) is 4.79 Å². The van der Waals surface area contributed by atoms with Gasteiger partial charge in [-0.2, -0.15) is 0 Å². The van der Waals surface area contributed by atoms with Crippen LogP contribution in [0.1, 0.15) is 34.6 Å². The molecule has 108 valence electrons. The smallest absolute Gasteiger partial charge is 0.263 e. The van der Waals surface area contributed by atoms with Crippen LogP contribution in [0.4, 0.5) is 0 Å². The molecule has 0 radical (unpaired) electrons. The van der Waals surface area contributed by atoms with Crippen LogP contribution >= 0.6 is 22.7 Å². The zero-order chi connectivity index (χ0) is 14.4. The number of carbonyl (C=O) groups is 1. The molecule has 1 amide bonds. The van der Waals surface area contributed by atoms with Crippen molar-refractivity contribution < 1.29 is 9.90 Å². The zero-order valence-corrected chi connectivity index (χ0v) is 13.0. The molecule has 0 unspecified atom stereocenters. The predicted octanol–water partition coefficient (Wildman–Crippen LogP) is 3.07. The van der Waals surface area contributed by atoms with Crippen LogP contribution in [0.3, 0.4) is 0 Å². The number of aryl methyl sites for hydroxylation is 1. The monoisotopic (exact) mass is 310 g/mol. The lowest BCUT2D eigenvalue weighted by Gasteiger charge is -2.03. The highest BCUT2D eigenvalue weighted by Crippen LogP contribution is 2.30. The molecule has 0 saturated heterocycles. The third kappa shape index (κ3) is 3.88. The van der Waals surface area contributed by atoms with Gasteiger partial charge in [0.1, 0.15) is 9.88 Å². The van der Waals surface area contributed by atoms with Gasteiger partial charge in [-0.05, 0) is 37.6 Å². The molecule has 20 heavy (non-hydrogen) atoms. The molecule has 0 spiro atoms. The maximum absolute atomic E-state index is 12.1. The van der Waals surface area contributed by atoms with Crippen molar-refractivity contribution in [1.82, 2.24) is 10.3 Å². The highest BCUT2D eigenvalue weighted by atomic mass is 32.1. The molecule has 0 fully saturated rings. The molecular weight excluding hydrogens is 292 g/mol. The van der Waals surface area contributed by atoms with Crippen molar-refractivity contribution in [2.24, 2.45) is 0 Å². The van der Waals surface area contributed by atoms with E-state index in [2.05, 4.69) is 10.3 Å². The summed E-state index contributed by atoms with van der Waals surface area (Å²) in [6.07, 6.45) is 2.61. The Morgan fingerprint density at radius 3 is 2.95 bits per heavy atom. The number of hydrogen-bond acceptors (Lipinski definition) is 5. The molecular formula is C14H18N2O2S2. The lowest BCUT2D eigenvalue weighted by Crippen LogP contribution is -2.24. The Morgan fingerprint density at radius 1 is 1.40 bits per heavy atom. The van der Waals surface area contributed by atoms with Crippen molar-refractivity contribution in [3.05, 3.63) is 28.1 Å². The largest absolute Gasteiger partial charge is 0.396 e. The van der Waals surface area contributed by atoms with Gasteiger partial charge >= 0.3 is 0 Å². The number of nitrogens with one attached hydrogen (secondary N) is 1. The summed E-state index contributed by atoms with van der Waals surface area (Å²) in [6, 6.07) is 4.00. The highest BCUT2D eigenvalue weighted by molar-refractivity contribution is 7.22. The molecule has 0 bridgehead atoms. The molecule has 2 heterocycles. The van der Waals surface area contributed by atoms with Crippen LogP contribution in [0.15, 0.2) is 17.5 Å². The summed E-state index contributed by atoms with van der Waals surface area (Å²) >= 11 is 3.07. The lowest BCUT2D eigenvalue weighted by molar-refractivity contribution is 0.0956. The number of thiophene rings is 1. The molecule has 0 aliphatic heterocycles. The Bertz CT molecular complexity index is 550. The van der Waals surface area contributed by atoms with Crippen LogP contribution in [0.5, 0.6) is 0 Å². The third-order valence-electron chi connectivity index (χ3n) is 2.86. The molecule has 2 aromatic rings. The zero-order valence-electron chi connectivity index (χ0n) is 11.4.